The lowest BCUT2D eigenvalue weighted by Gasteiger charge is -2.00. The first kappa shape index (κ1) is 15.6. The van der Waals surface area contributed by atoms with Gasteiger partial charge in [-0.25, -0.2) is 9.37 Å². The average Bonchev–Trinajstić information content (AvgIpc) is 3.25. The molecule has 0 amide bonds. The number of para-hydroxylation sites is 1. The van der Waals surface area contributed by atoms with Crippen molar-refractivity contribution in [1.29, 1.82) is 5.26 Å². The van der Waals surface area contributed by atoms with E-state index in [2.05, 4.69) is 22.8 Å². The van der Waals surface area contributed by atoms with E-state index in [1.807, 2.05) is 29.8 Å². The summed E-state index contributed by atoms with van der Waals surface area (Å²) in [6.07, 6.45) is 2.51. The first-order valence-corrected chi connectivity index (χ1v) is 8.81. The fraction of sp³-hybridized carbons (Fsp3) is 0.100. The number of halogens is 1. The fourth-order valence-corrected chi connectivity index (χ4v) is 3.77. The topological polar surface area (TPSA) is 41.6 Å². The second-order valence-electron chi connectivity index (χ2n) is 5.71. The highest BCUT2D eigenvalue weighted by Crippen LogP contribution is 2.34. The van der Waals surface area contributed by atoms with E-state index in [-0.39, 0.29) is 5.82 Å². The molecule has 0 radical (unpaired) electrons. The van der Waals surface area contributed by atoms with E-state index in [0.717, 1.165) is 32.7 Å². The van der Waals surface area contributed by atoms with Crippen LogP contribution in [0.2, 0.25) is 0 Å². The predicted octanol–water partition coefficient (Wildman–Crippen LogP) is 5.48. The van der Waals surface area contributed by atoms with Crippen LogP contribution in [0, 0.1) is 17.1 Å². The Kier molecular flexibility index (Phi) is 4.04. The molecule has 0 aliphatic rings. The lowest BCUT2D eigenvalue weighted by atomic mass is 10.1. The molecule has 0 fully saturated rings. The van der Waals surface area contributed by atoms with E-state index in [9.17, 15) is 4.39 Å². The van der Waals surface area contributed by atoms with Gasteiger partial charge in [0.05, 0.1) is 18.2 Å². The Bertz CT molecular complexity index is 1090. The van der Waals surface area contributed by atoms with Gasteiger partial charge in [0.1, 0.15) is 10.8 Å². The molecule has 0 atom stereocenters. The minimum absolute atomic E-state index is 0.262. The minimum Gasteiger partial charge on any atom is -0.346 e. The monoisotopic (exact) mass is 347 g/mol. The van der Waals surface area contributed by atoms with Crippen molar-refractivity contribution >= 4 is 22.2 Å². The molecule has 3 nitrogen and oxygen atoms in total. The Hall–Kier alpha value is -2.97. The number of hydrogen-bond acceptors (Lipinski definition) is 3. The number of thiazole rings is 1. The predicted molar refractivity (Wildman–Crippen MR) is 98.7 cm³/mol. The number of nitrogens with zero attached hydrogens (tertiary/aromatic N) is 3. The quantitative estimate of drug-likeness (QED) is 0.490. The van der Waals surface area contributed by atoms with E-state index in [0.29, 0.717) is 13.0 Å². The third-order valence-corrected chi connectivity index (χ3v) is 5.00. The summed E-state index contributed by atoms with van der Waals surface area (Å²) in [6.45, 7) is 0.651. The van der Waals surface area contributed by atoms with Crippen molar-refractivity contribution in [1.82, 2.24) is 9.55 Å². The van der Waals surface area contributed by atoms with Crippen LogP contribution in [0.25, 0.3) is 32.7 Å². The van der Waals surface area contributed by atoms with Crippen LogP contribution in [-0.4, -0.2) is 9.55 Å². The highest BCUT2D eigenvalue weighted by Gasteiger charge is 2.13. The molecule has 0 saturated carbocycles. The SMILES string of the molecule is N#CCCn1cc(-c2csc(-c3cccc(F)c3)n2)c2ccccc21. The van der Waals surface area contributed by atoms with Gasteiger partial charge < -0.3 is 4.57 Å². The maximum atomic E-state index is 13.5. The molecule has 0 bridgehead atoms. The lowest BCUT2D eigenvalue weighted by molar-refractivity contribution is 0.628. The minimum atomic E-state index is -0.262. The summed E-state index contributed by atoms with van der Waals surface area (Å²) in [5.74, 6) is -0.262. The second-order valence-corrected chi connectivity index (χ2v) is 6.57. The van der Waals surface area contributed by atoms with Crippen LogP contribution >= 0.6 is 11.3 Å². The summed E-state index contributed by atoms with van der Waals surface area (Å²) >= 11 is 1.50. The van der Waals surface area contributed by atoms with Crippen LogP contribution in [0.3, 0.4) is 0 Å². The van der Waals surface area contributed by atoms with E-state index < -0.39 is 0 Å². The molecule has 4 rings (SSSR count). The van der Waals surface area contributed by atoms with Crippen LogP contribution in [-0.2, 0) is 6.54 Å². The van der Waals surface area contributed by atoms with Crippen molar-refractivity contribution in [2.75, 3.05) is 0 Å². The van der Waals surface area contributed by atoms with Crippen molar-refractivity contribution in [3.63, 3.8) is 0 Å². The first-order chi connectivity index (χ1) is 12.3. The van der Waals surface area contributed by atoms with Crippen molar-refractivity contribution in [2.45, 2.75) is 13.0 Å². The summed E-state index contributed by atoms with van der Waals surface area (Å²) in [6, 6.07) is 16.8. The lowest BCUT2D eigenvalue weighted by Crippen LogP contribution is -1.94. The summed E-state index contributed by atoms with van der Waals surface area (Å²) in [5, 5.41) is 12.8. The zero-order valence-electron chi connectivity index (χ0n) is 13.3. The standard InChI is InChI=1S/C20H14FN3S/c21-15-6-3-5-14(11-15)20-23-18(13-25-20)17-12-24(10-4-9-22)19-8-2-1-7-16(17)19/h1-3,5-8,11-13H,4,10H2. The molecule has 4 aromatic rings. The molecule has 0 aliphatic heterocycles. The van der Waals surface area contributed by atoms with E-state index in [1.165, 1.54) is 23.5 Å². The molecular weight excluding hydrogens is 333 g/mol. The number of aryl methyl sites for hydroxylation is 1. The van der Waals surface area contributed by atoms with Gasteiger partial charge in [0.2, 0.25) is 0 Å². The van der Waals surface area contributed by atoms with E-state index >= 15 is 0 Å². The molecule has 2 aromatic carbocycles. The van der Waals surface area contributed by atoms with Crippen LogP contribution in [0.1, 0.15) is 6.42 Å². The zero-order valence-corrected chi connectivity index (χ0v) is 14.1. The third-order valence-electron chi connectivity index (χ3n) is 4.10. The Labute approximate surface area is 148 Å². The Morgan fingerprint density at radius 3 is 2.88 bits per heavy atom. The molecule has 0 aliphatic carbocycles. The van der Waals surface area contributed by atoms with Gasteiger partial charge in [0.15, 0.2) is 0 Å². The highest BCUT2D eigenvalue weighted by atomic mass is 32.1. The molecule has 2 aromatic heterocycles. The number of hydrogen-bond donors (Lipinski definition) is 0. The van der Waals surface area contributed by atoms with Crippen molar-refractivity contribution in [2.24, 2.45) is 0 Å². The van der Waals surface area contributed by atoms with Crippen molar-refractivity contribution in [3.05, 3.63) is 65.9 Å². The third kappa shape index (κ3) is 2.92. The molecule has 0 N–H and O–H groups in total. The molecule has 0 spiro atoms. The van der Waals surface area contributed by atoms with Gasteiger partial charge in [-0.3, -0.25) is 0 Å². The number of fused-ring (bicyclic) bond motifs is 1. The van der Waals surface area contributed by atoms with Gasteiger partial charge in [-0.05, 0) is 18.2 Å². The highest BCUT2D eigenvalue weighted by molar-refractivity contribution is 7.13. The van der Waals surface area contributed by atoms with E-state index in [1.54, 1.807) is 6.07 Å². The second kappa shape index (κ2) is 6.50. The van der Waals surface area contributed by atoms with Gasteiger partial charge in [-0.2, -0.15) is 5.26 Å². The normalized spacial score (nSPS) is 10.9. The molecule has 0 unspecified atom stereocenters. The van der Waals surface area contributed by atoms with Crippen LogP contribution in [0.4, 0.5) is 4.39 Å². The van der Waals surface area contributed by atoms with Crippen LogP contribution in [0.5, 0.6) is 0 Å². The van der Waals surface area contributed by atoms with Crippen molar-refractivity contribution in [3.8, 4) is 27.9 Å². The van der Waals surface area contributed by atoms with Crippen LogP contribution in [0.15, 0.2) is 60.1 Å². The summed E-state index contributed by atoms with van der Waals surface area (Å²) in [7, 11) is 0. The summed E-state index contributed by atoms with van der Waals surface area (Å²) in [5.41, 5.74) is 3.78. The zero-order chi connectivity index (χ0) is 17.2. The molecular formula is C20H14FN3S. The summed E-state index contributed by atoms with van der Waals surface area (Å²) in [4.78, 5) is 4.71. The van der Waals surface area contributed by atoms with Crippen LogP contribution < -0.4 is 0 Å². The van der Waals surface area contributed by atoms with E-state index in [4.69, 9.17) is 10.2 Å². The molecule has 2 heterocycles. The number of rotatable bonds is 4. The smallest absolute Gasteiger partial charge is 0.124 e. The molecule has 5 heteroatoms. The Morgan fingerprint density at radius 1 is 1.16 bits per heavy atom. The van der Waals surface area contributed by atoms with Gasteiger partial charge in [0, 0.05) is 40.2 Å². The van der Waals surface area contributed by atoms with Gasteiger partial charge in [-0.1, -0.05) is 30.3 Å². The number of benzene rings is 2. The maximum absolute atomic E-state index is 13.5. The Morgan fingerprint density at radius 2 is 2.04 bits per heavy atom. The summed E-state index contributed by atoms with van der Waals surface area (Å²) < 4.78 is 15.6. The molecule has 25 heavy (non-hydrogen) atoms. The maximum Gasteiger partial charge on any atom is 0.124 e. The average molecular weight is 347 g/mol. The first-order valence-electron chi connectivity index (χ1n) is 7.93. The fourth-order valence-electron chi connectivity index (χ4n) is 2.96. The van der Waals surface area contributed by atoms with Gasteiger partial charge >= 0.3 is 0 Å². The number of nitriles is 1. The Balaban J connectivity index is 1.79. The van der Waals surface area contributed by atoms with Gasteiger partial charge in [0.25, 0.3) is 0 Å². The van der Waals surface area contributed by atoms with Gasteiger partial charge in [-0.15, -0.1) is 11.3 Å². The largest absolute Gasteiger partial charge is 0.346 e. The van der Waals surface area contributed by atoms with Crippen molar-refractivity contribution < 1.29 is 4.39 Å². The molecule has 0 saturated heterocycles. The number of aromatic nitrogens is 2. The molecule has 122 valence electrons.